The summed E-state index contributed by atoms with van der Waals surface area (Å²) in [5, 5.41) is 4.78. The van der Waals surface area contributed by atoms with Crippen molar-refractivity contribution >= 4 is 0 Å². The van der Waals surface area contributed by atoms with Crippen molar-refractivity contribution in [2.45, 2.75) is 51.5 Å². The first kappa shape index (κ1) is 14.3. The topological polar surface area (TPSA) is 43.8 Å². The van der Waals surface area contributed by atoms with Crippen molar-refractivity contribution in [1.82, 2.24) is 9.78 Å². The van der Waals surface area contributed by atoms with Gasteiger partial charge in [0.2, 0.25) is 0 Å². The molecule has 3 heteroatoms. The smallest absolute Gasteiger partial charge is 0.0631 e. The number of rotatable bonds is 5. The summed E-state index contributed by atoms with van der Waals surface area (Å²) in [4.78, 5) is 0. The van der Waals surface area contributed by atoms with Gasteiger partial charge >= 0.3 is 0 Å². The maximum atomic E-state index is 5.94. The summed E-state index contributed by atoms with van der Waals surface area (Å²) in [6, 6.07) is 10.7. The number of hydrogen-bond donors (Lipinski definition) is 1. The molecule has 112 valence electrons. The number of benzene rings is 1. The summed E-state index contributed by atoms with van der Waals surface area (Å²) in [5.41, 5.74) is 11.4. The van der Waals surface area contributed by atoms with Gasteiger partial charge in [-0.3, -0.25) is 4.68 Å². The van der Waals surface area contributed by atoms with Gasteiger partial charge in [-0.25, -0.2) is 0 Å². The van der Waals surface area contributed by atoms with Crippen LogP contribution < -0.4 is 5.73 Å². The van der Waals surface area contributed by atoms with Crippen LogP contribution in [-0.4, -0.2) is 16.3 Å². The third-order valence-corrected chi connectivity index (χ3v) is 4.62. The van der Waals surface area contributed by atoms with Crippen molar-refractivity contribution in [2.24, 2.45) is 5.73 Å². The quantitative estimate of drug-likeness (QED) is 0.915. The first-order valence-electron chi connectivity index (χ1n) is 8.09. The van der Waals surface area contributed by atoms with Crippen LogP contribution in [0.5, 0.6) is 0 Å². The zero-order valence-corrected chi connectivity index (χ0v) is 12.9. The van der Waals surface area contributed by atoms with E-state index in [-0.39, 0.29) is 0 Å². The molecule has 1 aliphatic carbocycles. The zero-order valence-electron chi connectivity index (χ0n) is 12.9. The van der Waals surface area contributed by atoms with Crippen LogP contribution in [0.25, 0.3) is 0 Å². The lowest BCUT2D eigenvalue weighted by Crippen LogP contribution is -2.19. The van der Waals surface area contributed by atoms with Gasteiger partial charge in [-0.05, 0) is 57.1 Å². The maximum Gasteiger partial charge on any atom is 0.0631 e. The maximum absolute atomic E-state index is 5.94. The first-order valence-corrected chi connectivity index (χ1v) is 8.09. The van der Waals surface area contributed by atoms with E-state index < -0.39 is 0 Å². The second kappa shape index (κ2) is 6.44. The Bertz CT molecular complexity index is 586. The second-order valence-electron chi connectivity index (χ2n) is 6.08. The van der Waals surface area contributed by atoms with Crippen molar-refractivity contribution in [1.29, 1.82) is 0 Å². The van der Waals surface area contributed by atoms with Crippen molar-refractivity contribution in [2.75, 3.05) is 6.54 Å². The third kappa shape index (κ3) is 3.03. The number of nitrogens with two attached hydrogens (primary N) is 1. The van der Waals surface area contributed by atoms with Gasteiger partial charge < -0.3 is 5.73 Å². The monoisotopic (exact) mass is 283 g/mol. The Morgan fingerprint density at radius 3 is 2.86 bits per heavy atom. The standard InChI is InChI=1S/C18H25N3/c1-14-18-16(13-19)10-5-11-17(18)21(20-14)12-6-9-15-7-3-2-4-8-15/h2-4,7-8,16H,5-6,9-13,19H2,1H3. The summed E-state index contributed by atoms with van der Waals surface area (Å²) in [7, 11) is 0. The molecule has 1 aliphatic rings. The lowest BCUT2D eigenvalue weighted by atomic mass is 9.85. The summed E-state index contributed by atoms with van der Waals surface area (Å²) >= 11 is 0. The molecule has 0 saturated carbocycles. The van der Waals surface area contributed by atoms with E-state index >= 15 is 0 Å². The van der Waals surface area contributed by atoms with Gasteiger partial charge in [-0.2, -0.15) is 5.10 Å². The number of aromatic nitrogens is 2. The fourth-order valence-electron chi connectivity index (χ4n) is 3.60. The second-order valence-corrected chi connectivity index (χ2v) is 6.08. The normalized spacial score (nSPS) is 17.7. The molecule has 3 rings (SSSR count). The van der Waals surface area contributed by atoms with Crippen molar-refractivity contribution in [3.63, 3.8) is 0 Å². The van der Waals surface area contributed by atoms with E-state index in [0.29, 0.717) is 5.92 Å². The molecule has 0 aliphatic heterocycles. The van der Waals surface area contributed by atoms with Gasteiger partial charge in [0.25, 0.3) is 0 Å². The van der Waals surface area contributed by atoms with Crippen LogP contribution in [0.3, 0.4) is 0 Å². The molecule has 2 N–H and O–H groups in total. The van der Waals surface area contributed by atoms with E-state index in [2.05, 4.69) is 41.9 Å². The Hall–Kier alpha value is -1.61. The third-order valence-electron chi connectivity index (χ3n) is 4.62. The Balaban J connectivity index is 1.69. The molecule has 1 aromatic carbocycles. The minimum atomic E-state index is 0.525. The van der Waals surface area contributed by atoms with Crippen LogP contribution in [0.15, 0.2) is 30.3 Å². The molecule has 0 bridgehead atoms. The largest absolute Gasteiger partial charge is 0.330 e. The lowest BCUT2D eigenvalue weighted by molar-refractivity contribution is 0.506. The fourth-order valence-corrected chi connectivity index (χ4v) is 3.60. The average molecular weight is 283 g/mol. The molecular weight excluding hydrogens is 258 g/mol. The molecule has 0 spiro atoms. The number of aryl methyl sites for hydroxylation is 3. The molecule has 2 aromatic rings. The van der Waals surface area contributed by atoms with Crippen molar-refractivity contribution in [3.8, 4) is 0 Å². The summed E-state index contributed by atoms with van der Waals surface area (Å²) in [6.45, 7) is 3.91. The van der Waals surface area contributed by atoms with E-state index in [4.69, 9.17) is 10.8 Å². The van der Waals surface area contributed by atoms with Crippen LogP contribution in [0.2, 0.25) is 0 Å². The number of fused-ring (bicyclic) bond motifs is 1. The van der Waals surface area contributed by atoms with Gasteiger partial charge in [0.1, 0.15) is 0 Å². The predicted molar refractivity (Wildman–Crippen MR) is 86.5 cm³/mol. The van der Waals surface area contributed by atoms with Crippen molar-refractivity contribution < 1.29 is 0 Å². The van der Waals surface area contributed by atoms with Gasteiger partial charge in [0.15, 0.2) is 0 Å². The summed E-state index contributed by atoms with van der Waals surface area (Å²) < 4.78 is 2.25. The highest BCUT2D eigenvalue weighted by molar-refractivity contribution is 5.32. The Morgan fingerprint density at radius 1 is 1.29 bits per heavy atom. The van der Waals surface area contributed by atoms with Crippen LogP contribution in [0, 0.1) is 6.92 Å². The number of nitrogens with zero attached hydrogens (tertiary/aromatic N) is 2. The van der Waals surface area contributed by atoms with E-state index in [1.807, 2.05) is 0 Å². The predicted octanol–water partition coefficient (Wildman–Crippen LogP) is 3.20. The number of hydrogen-bond acceptors (Lipinski definition) is 2. The van der Waals surface area contributed by atoms with Gasteiger partial charge in [0, 0.05) is 17.8 Å². The minimum absolute atomic E-state index is 0.525. The molecule has 1 heterocycles. The molecule has 0 saturated heterocycles. The van der Waals surface area contributed by atoms with Crippen LogP contribution in [0.1, 0.15) is 47.7 Å². The Kier molecular flexibility index (Phi) is 4.39. The Labute approximate surface area is 127 Å². The van der Waals surface area contributed by atoms with Crippen LogP contribution in [0.4, 0.5) is 0 Å². The van der Waals surface area contributed by atoms with E-state index in [0.717, 1.165) is 32.4 Å². The SMILES string of the molecule is Cc1nn(CCCc2ccccc2)c2c1C(CN)CCC2. The van der Waals surface area contributed by atoms with Crippen LogP contribution >= 0.6 is 0 Å². The lowest BCUT2D eigenvalue weighted by Gasteiger charge is -2.22. The van der Waals surface area contributed by atoms with Crippen LogP contribution in [-0.2, 0) is 19.4 Å². The highest BCUT2D eigenvalue weighted by Gasteiger charge is 2.25. The molecule has 0 amide bonds. The molecule has 1 unspecified atom stereocenters. The molecule has 0 fully saturated rings. The molecule has 1 atom stereocenters. The van der Waals surface area contributed by atoms with E-state index in [1.165, 1.54) is 35.4 Å². The Morgan fingerprint density at radius 2 is 2.10 bits per heavy atom. The van der Waals surface area contributed by atoms with Gasteiger partial charge in [-0.15, -0.1) is 0 Å². The van der Waals surface area contributed by atoms with Crippen molar-refractivity contribution in [3.05, 3.63) is 52.8 Å². The molecule has 1 aromatic heterocycles. The summed E-state index contributed by atoms with van der Waals surface area (Å²) in [5.74, 6) is 0.525. The minimum Gasteiger partial charge on any atom is -0.330 e. The zero-order chi connectivity index (χ0) is 14.7. The molecule has 0 radical (unpaired) electrons. The van der Waals surface area contributed by atoms with Gasteiger partial charge in [-0.1, -0.05) is 30.3 Å². The highest BCUT2D eigenvalue weighted by Crippen LogP contribution is 2.33. The molecule has 3 nitrogen and oxygen atoms in total. The molecule has 21 heavy (non-hydrogen) atoms. The van der Waals surface area contributed by atoms with E-state index in [9.17, 15) is 0 Å². The highest BCUT2D eigenvalue weighted by atomic mass is 15.3. The van der Waals surface area contributed by atoms with Gasteiger partial charge in [0.05, 0.1) is 5.69 Å². The summed E-state index contributed by atoms with van der Waals surface area (Å²) in [6.07, 6.45) is 5.90. The first-order chi connectivity index (χ1) is 10.3. The molecular formula is C18H25N3. The fraction of sp³-hybridized carbons (Fsp3) is 0.500. The average Bonchev–Trinajstić information content (AvgIpc) is 2.85. The van der Waals surface area contributed by atoms with E-state index in [1.54, 1.807) is 0 Å².